The zero-order chi connectivity index (χ0) is 18.5. The Hall–Kier alpha value is -2.41. The molecule has 0 bridgehead atoms. The number of allylic oxidation sites excluding steroid dienone is 1. The van der Waals surface area contributed by atoms with Crippen LogP contribution in [0.1, 0.15) is 54.2 Å². The zero-order valence-electron chi connectivity index (χ0n) is 15.5. The maximum Gasteiger partial charge on any atom is 0.254 e. The highest BCUT2D eigenvalue weighted by atomic mass is 16.1. The van der Waals surface area contributed by atoms with Crippen LogP contribution >= 0.6 is 0 Å². The lowest BCUT2D eigenvalue weighted by Gasteiger charge is -2.32. The Morgan fingerprint density at radius 2 is 2.19 bits per heavy atom. The van der Waals surface area contributed by atoms with E-state index in [-0.39, 0.29) is 5.91 Å². The van der Waals surface area contributed by atoms with Crippen LogP contribution in [0.4, 0.5) is 5.82 Å². The van der Waals surface area contributed by atoms with Crippen LogP contribution in [-0.2, 0) is 6.54 Å². The van der Waals surface area contributed by atoms with Crippen molar-refractivity contribution in [3.8, 4) is 0 Å². The van der Waals surface area contributed by atoms with Crippen molar-refractivity contribution in [1.29, 1.82) is 0 Å². The first-order chi connectivity index (χ1) is 12.7. The highest BCUT2D eigenvalue weighted by molar-refractivity contribution is 6.14. The average Bonchev–Trinajstić information content (AvgIpc) is 3.03. The molecule has 0 radical (unpaired) electrons. The van der Waals surface area contributed by atoms with Crippen LogP contribution < -0.4 is 21.7 Å². The maximum atomic E-state index is 12.3. The third-order valence-electron chi connectivity index (χ3n) is 5.10. The number of anilines is 1. The number of carbonyl (C=O) groups excluding carboxylic acids is 1. The van der Waals surface area contributed by atoms with E-state index in [0.717, 1.165) is 24.2 Å². The van der Waals surface area contributed by atoms with Crippen LogP contribution in [0.25, 0.3) is 5.57 Å². The Labute approximate surface area is 154 Å². The van der Waals surface area contributed by atoms with E-state index in [1.54, 1.807) is 6.21 Å². The lowest BCUT2D eigenvalue weighted by atomic mass is 9.90. The molecule has 2 aliphatic rings. The number of hydrogen-bond acceptors (Lipinski definition) is 6. The van der Waals surface area contributed by atoms with E-state index in [1.165, 1.54) is 19.0 Å². The van der Waals surface area contributed by atoms with Gasteiger partial charge < -0.3 is 21.7 Å². The van der Waals surface area contributed by atoms with Gasteiger partial charge in [-0.2, -0.15) is 0 Å². The average molecular weight is 356 g/mol. The van der Waals surface area contributed by atoms with E-state index in [2.05, 4.69) is 20.9 Å². The van der Waals surface area contributed by atoms with Gasteiger partial charge in [0.2, 0.25) is 0 Å². The molecule has 1 aromatic rings. The molecule has 2 heterocycles. The Morgan fingerprint density at radius 3 is 2.88 bits per heavy atom. The van der Waals surface area contributed by atoms with Crippen LogP contribution in [0.15, 0.2) is 17.3 Å². The summed E-state index contributed by atoms with van der Waals surface area (Å²) in [6, 6.07) is 2.73. The number of likely N-dealkylation sites (N-methyl/N-ethyl adjacent to an activating group) is 1. The summed E-state index contributed by atoms with van der Waals surface area (Å²) in [6.45, 7) is 3.12. The fourth-order valence-electron chi connectivity index (χ4n) is 3.75. The molecule has 0 saturated heterocycles. The van der Waals surface area contributed by atoms with Crippen LogP contribution in [0.2, 0.25) is 0 Å². The van der Waals surface area contributed by atoms with Gasteiger partial charge in [0.1, 0.15) is 5.82 Å². The minimum Gasteiger partial charge on any atom is -0.404 e. The third-order valence-corrected chi connectivity index (χ3v) is 5.10. The lowest BCUT2D eigenvalue weighted by Crippen LogP contribution is -2.44. The molecule has 2 atom stereocenters. The maximum absolute atomic E-state index is 12.3. The summed E-state index contributed by atoms with van der Waals surface area (Å²) >= 11 is 0. The van der Waals surface area contributed by atoms with Gasteiger partial charge in [-0.05, 0) is 38.4 Å². The number of nitrogens with two attached hydrogens (primary N) is 1. The molecule has 1 aliphatic heterocycles. The normalized spacial score (nSPS) is 23.2. The first kappa shape index (κ1) is 18.4. The third kappa shape index (κ3) is 3.72. The van der Waals surface area contributed by atoms with Gasteiger partial charge in [0.25, 0.3) is 5.91 Å². The van der Waals surface area contributed by atoms with Crippen molar-refractivity contribution in [2.45, 2.75) is 51.2 Å². The predicted octanol–water partition coefficient (Wildman–Crippen LogP) is 1.66. The molecule has 5 N–H and O–H groups in total. The van der Waals surface area contributed by atoms with Crippen molar-refractivity contribution >= 4 is 23.5 Å². The van der Waals surface area contributed by atoms with Gasteiger partial charge in [-0.3, -0.25) is 9.79 Å². The quantitative estimate of drug-likeness (QED) is 0.580. The number of amides is 1. The number of pyridine rings is 1. The molecule has 1 amide bonds. The standard InChI is InChI=1S/C19H28N6O/c1-3-22-10-13(9-20)18-17-12(11-23-19(17)26)8-16(25-18)24-15-7-5-4-6-14(15)21-2/h8-10,14-15,21H,3-7,11,20H2,1-2H3,(H,23,26)(H,24,25). The molecule has 3 rings (SSSR count). The summed E-state index contributed by atoms with van der Waals surface area (Å²) in [5.74, 6) is 0.677. The topological polar surface area (TPSA) is 104 Å². The van der Waals surface area contributed by atoms with Gasteiger partial charge in [0, 0.05) is 43.2 Å². The molecule has 0 aromatic carbocycles. The first-order valence-corrected chi connectivity index (χ1v) is 9.36. The number of nitrogens with one attached hydrogen (secondary N) is 3. The van der Waals surface area contributed by atoms with Crippen LogP contribution in [-0.4, -0.2) is 42.8 Å². The molecule has 1 saturated carbocycles. The fraction of sp³-hybridized carbons (Fsp3) is 0.526. The number of nitrogens with zero attached hydrogens (tertiary/aromatic N) is 2. The largest absolute Gasteiger partial charge is 0.404 e. The second kappa shape index (κ2) is 8.31. The minimum absolute atomic E-state index is 0.107. The molecule has 7 heteroatoms. The van der Waals surface area contributed by atoms with E-state index in [9.17, 15) is 4.79 Å². The Morgan fingerprint density at radius 1 is 1.42 bits per heavy atom. The number of aromatic nitrogens is 1. The number of carbonyl (C=O) groups is 1. The van der Waals surface area contributed by atoms with Crippen LogP contribution in [0.3, 0.4) is 0 Å². The molecular weight excluding hydrogens is 328 g/mol. The Bertz CT molecular complexity index is 727. The minimum atomic E-state index is -0.107. The van der Waals surface area contributed by atoms with Gasteiger partial charge >= 0.3 is 0 Å². The monoisotopic (exact) mass is 356 g/mol. The van der Waals surface area contributed by atoms with E-state index in [1.807, 2.05) is 20.0 Å². The second-order valence-corrected chi connectivity index (χ2v) is 6.75. The van der Waals surface area contributed by atoms with Crippen molar-refractivity contribution in [2.24, 2.45) is 10.7 Å². The molecule has 140 valence electrons. The molecule has 7 nitrogen and oxygen atoms in total. The van der Waals surface area contributed by atoms with Crippen molar-refractivity contribution in [2.75, 3.05) is 18.9 Å². The van der Waals surface area contributed by atoms with Gasteiger partial charge in [0.05, 0.1) is 11.3 Å². The molecule has 1 fully saturated rings. The van der Waals surface area contributed by atoms with Gasteiger partial charge in [-0.15, -0.1) is 0 Å². The van der Waals surface area contributed by atoms with Crippen molar-refractivity contribution < 1.29 is 4.79 Å². The van der Waals surface area contributed by atoms with E-state index < -0.39 is 0 Å². The van der Waals surface area contributed by atoms with E-state index in [4.69, 9.17) is 10.7 Å². The first-order valence-electron chi connectivity index (χ1n) is 9.36. The van der Waals surface area contributed by atoms with Gasteiger partial charge in [-0.1, -0.05) is 12.8 Å². The highest BCUT2D eigenvalue weighted by Gasteiger charge is 2.28. The van der Waals surface area contributed by atoms with Crippen LogP contribution in [0, 0.1) is 0 Å². The molecule has 2 unspecified atom stereocenters. The van der Waals surface area contributed by atoms with Crippen molar-refractivity contribution in [1.82, 2.24) is 15.6 Å². The fourth-order valence-corrected chi connectivity index (χ4v) is 3.75. The predicted molar refractivity (Wildman–Crippen MR) is 105 cm³/mol. The summed E-state index contributed by atoms with van der Waals surface area (Å²) in [4.78, 5) is 21.3. The second-order valence-electron chi connectivity index (χ2n) is 6.75. The molecular formula is C19H28N6O. The summed E-state index contributed by atoms with van der Waals surface area (Å²) in [5.41, 5.74) is 8.61. The van der Waals surface area contributed by atoms with Crippen molar-refractivity contribution in [3.63, 3.8) is 0 Å². The number of rotatable bonds is 6. The van der Waals surface area contributed by atoms with Gasteiger partial charge in [0.15, 0.2) is 0 Å². The highest BCUT2D eigenvalue weighted by Crippen LogP contribution is 2.28. The van der Waals surface area contributed by atoms with E-state index in [0.29, 0.717) is 42.0 Å². The summed E-state index contributed by atoms with van der Waals surface area (Å²) in [6.07, 6.45) is 7.88. The Balaban J connectivity index is 1.96. The number of aliphatic imine (C=N–C) groups is 1. The summed E-state index contributed by atoms with van der Waals surface area (Å²) in [7, 11) is 2.01. The molecule has 0 spiro atoms. The smallest absolute Gasteiger partial charge is 0.254 e. The SMILES string of the molecule is CCN=CC(=CN)c1nc(NC2CCCCC2NC)cc2c1C(=O)NC2. The Kier molecular flexibility index (Phi) is 5.88. The zero-order valence-corrected chi connectivity index (χ0v) is 15.5. The molecule has 1 aromatic heterocycles. The lowest BCUT2D eigenvalue weighted by molar-refractivity contribution is 0.0965. The molecule has 1 aliphatic carbocycles. The van der Waals surface area contributed by atoms with Gasteiger partial charge in [-0.25, -0.2) is 4.98 Å². The number of hydrogen-bond donors (Lipinski definition) is 4. The summed E-state index contributed by atoms with van der Waals surface area (Å²) < 4.78 is 0. The summed E-state index contributed by atoms with van der Waals surface area (Å²) in [5, 5.41) is 9.86. The van der Waals surface area contributed by atoms with E-state index >= 15 is 0 Å². The number of fused-ring (bicyclic) bond motifs is 1. The van der Waals surface area contributed by atoms with Crippen LogP contribution in [0.5, 0.6) is 0 Å². The molecule has 26 heavy (non-hydrogen) atoms. The van der Waals surface area contributed by atoms with Crippen molar-refractivity contribution in [3.05, 3.63) is 29.1 Å².